The molecule has 0 aliphatic carbocycles. The Balaban J connectivity index is 1.95. The SMILES string of the molecule is CC(O)Cc1ccc(-c2ccc3sccc3c2)o1. The average molecular weight is 258 g/mol. The first kappa shape index (κ1) is 11.5. The molecule has 0 saturated heterocycles. The topological polar surface area (TPSA) is 33.4 Å². The van der Waals surface area contributed by atoms with Gasteiger partial charge in [-0.25, -0.2) is 0 Å². The summed E-state index contributed by atoms with van der Waals surface area (Å²) in [4.78, 5) is 0. The minimum atomic E-state index is -0.372. The van der Waals surface area contributed by atoms with E-state index in [0.717, 1.165) is 17.1 Å². The number of fused-ring (bicyclic) bond motifs is 1. The molecule has 0 fully saturated rings. The van der Waals surface area contributed by atoms with E-state index in [2.05, 4.69) is 29.6 Å². The zero-order valence-corrected chi connectivity index (χ0v) is 10.9. The van der Waals surface area contributed by atoms with Crippen molar-refractivity contribution in [2.24, 2.45) is 0 Å². The second-order valence-electron chi connectivity index (χ2n) is 4.49. The lowest BCUT2D eigenvalue weighted by atomic mass is 10.1. The molecular weight excluding hydrogens is 244 g/mol. The number of aliphatic hydroxyl groups is 1. The van der Waals surface area contributed by atoms with E-state index in [9.17, 15) is 5.11 Å². The predicted octanol–water partition coefficient (Wildman–Crippen LogP) is 4.08. The third-order valence-electron chi connectivity index (χ3n) is 2.90. The van der Waals surface area contributed by atoms with Gasteiger partial charge >= 0.3 is 0 Å². The van der Waals surface area contributed by atoms with Gasteiger partial charge in [0.1, 0.15) is 11.5 Å². The normalized spacial score (nSPS) is 13.0. The zero-order valence-electron chi connectivity index (χ0n) is 10.1. The molecule has 0 aliphatic heterocycles. The second kappa shape index (κ2) is 4.59. The molecule has 0 bridgehead atoms. The number of hydrogen-bond acceptors (Lipinski definition) is 3. The first-order valence-corrected chi connectivity index (χ1v) is 6.85. The van der Waals surface area contributed by atoms with Gasteiger partial charge in [0, 0.05) is 16.7 Å². The summed E-state index contributed by atoms with van der Waals surface area (Å²) in [5, 5.41) is 12.7. The third kappa shape index (κ3) is 2.19. The number of thiophene rings is 1. The van der Waals surface area contributed by atoms with Crippen LogP contribution in [0.1, 0.15) is 12.7 Å². The van der Waals surface area contributed by atoms with Crippen molar-refractivity contribution in [2.75, 3.05) is 0 Å². The Morgan fingerprint density at radius 2 is 2.11 bits per heavy atom. The van der Waals surface area contributed by atoms with Gasteiger partial charge in [-0.3, -0.25) is 0 Å². The Bertz CT molecular complexity index is 664. The molecule has 1 unspecified atom stereocenters. The van der Waals surface area contributed by atoms with Crippen molar-refractivity contribution in [3.05, 3.63) is 47.5 Å². The second-order valence-corrected chi connectivity index (χ2v) is 5.44. The largest absolute Gasteiger partial charge is 0.461 e. The van der Waals surface area contributed by atoms with E-state index in [1.165, 1.54) is 10.1 Å². The monoisotopic (exact) mass is 258 g/mol. The van der Waals surface area contributed by atoms with Crippen molar-refractivity contribution in [2.45, 2.75) is 19.4 Å². The molecule has 18 heavy (non-hydrogen) atoms. The Morgan fingerprint density at radius 1 is 1.22 bits per heavy atom. The van der Waals surface area contributed by atoms with Crippen molar-refractivity contribution in [3.63, 3.8) is 0 Å². The van der Waals surface area contributed by atoms with Crippen molar-refractivity contribution >= 4 is 21.4 Å². The Morgan fingerprint density at radius 3 is 2.94 bits per heavy atom. The van der Waals surface area contributed by atoms with E-state index in [1.54, 1.807) is 18.3 Å². The zero-order chi connectivity index (χ0) is 12.5. The summed E-state index contributed by atoms with van der Waals surface area (Å²) in [6.07, 6.45) is 0.184. The summed E-state index contributed by atoms with van der Waals surface area (Å²) in [5.41, 5.74) is 1.08. The summed E-state index contributed by atoms with van der Waals surface area (Å²) in [6, 6.07) is 12.3. The highest BCUT2D eigenvalue weighted by atomic mass is 32.1. The minimum Gasteiger partial charge on any atom is -0.461 e. The van der Waals surface area contributed by atoms with Crippen LogP contribution < -0.4 is 0 Å². The van der Waals surface area contributed by atoms with E-state index in [4.69, 9.17) is 4.42 Å². The molecule has 0 saturated carbocycles. The molecule has 2 heterocycles. The maximum Gasteiger partial charge on any atom is 0.134 e. The average Bonchev–Trinajstić information content (AvgIpc) is 2.95. The van der Waals surface area contributed by atoms with Crippen LogP contribution in [0.2, 0.25) is 0 Å². The van der Waals surface area contributed by atoms with Crippen LogP contribution in [0.5, 0.6) is 0 Å². The molecule has 1 atom stereocenters. The molecule has 0 radical (unpaired) electrons. The van der Waals surface area contributed by atoms with Crippen molar-refractivity contribution < 1.29 is 9.52 Å². The van der Waals surface area contributed by atoms with Gasteiger partial charge in [0.15, 0.2) is 0 Å². The van der Waals surface area contributed by atoms with E-state index in [0.29, 0.717) is 6.42 Å². The molecule has 3 aromatic rings. The van der Waals surface area contributed by atoms with Gasteiger partial charge < -0.3 is 9.52 Å². The quantitative estimate of drug-likeness (QED) is 0.767. The third-order valence-corrected chi connectivity index (χ3v) is 3.79. The lowest BCUT2D eigenvalue weighted by Crippen LogP contribution is -2.02. The highest BCUT2D eigenvalue weighted by Crippen LogP contribution is 2.28. The van der Waals surface area contributed by atoms with E-state index < -0.39 is 0 Å². The van der Waals surface area contributed by atoms with Crippen molar-refractivity contribution in [1.29, 1.82) is 0 Å². The summed E-state index contributed by atoms with van der Waals surface area (Å²) in [6.45, 7) is 1.76. The highest BCUT2D eigenvalue weighted by Gasteiger charge is 2.07. The molecule has 1 aromatic carbocycles. The number of aliphatic hydroxyl groups excluding tert-OH is 1. The van der Waals surface area contributed by atoms with Crippen LogP contribution in [0.3, 0.4) is 0 Å². The number of benzene rings is 1. The molecular formula is C15H14O2S. The lowest BCUT2D eigenvalue weighted by molar-refractivity contribution is 0.187. The van der Waals surface area contributed by atoms with Gasteiger partial charge in [-0.1, -0.05) is 0 Å². The van der Waals surface area contributed by atoms with Crippen LogP contribution >= 0.6 is 11.3 Å². The fourth-order valence-corrected chi connectivity index (χ4v) is 2.82. The van der Waals surface area contributed by atoms with Crippen molar-refractivity contribution in [3.8, 4) is 11.3 Å². The molecule has 3 heteroatoms. The van der Waals surface area contributed by atoms with Crippen LogP contribution in [0.15, 0.2) is 46.2 Å². The fourth-order valence-electron chi connectivity index (χ4n) is 2.05. The van der Waals surface area contributed by atoms with Crippen LogP contribution in [0, 0.1) is 0 Å². The van der Waals surface area contributed by atoms with Crippen molar-refractivity contribution in [1.82, 2.24) is 0 Å². The summed E-state index contributed by atoms with van der Waals surface area (Å²) >= 11 is 1.74. The standard InChI is InChI=1S/C15H14O2S/c1-10(16)8-13-3-4-14(17-13)11-2-5-15-12(9-11)6-7-18-15/h2-7,9-10,16H,8H2,1H3. The van der Waals surface area contributed by atoms with Crippen LogP contribution in [-0.2, 0) is 6.42 Å². The Kier molecular flexibility index (Phi) is 2.94. The fraction of sp³-hybridized carbons (Fsp3) is 0.200. The highest BCUT2D eigenvalue weighted by molar-refractivity contribution is 7.17. The molecule has 0 amide bonds. The van der Waals surface area contributed by atoms with Gasteiger partial charge in [0.2, 0.25) is 0 Å². The maximum absolute atomic E-state index is 9.34. The minimum absolute atomic E-state index is 0.372. The summed E-state index contributed by atoms with van der Waals surface area (Å²) in [5.74, 6) is 1.68. The van der Waals surface area contributed by atoms with E-state index in [1.807, 2.05) is 12.1 Å². The van der Waals surface area contributed by atoms with Gasteiger partial charge in [-0.2, -0.15) is 0 Å². The number of furan rings is 1. The van der Waals surface area contributed by atoms with Crippen LogP contribution in [0.4, 0.5) is 0 Å². The van der Waals surface area contributed by atoms with E-state index >= 15 is 0 Å². The first-order chi connectivity index (χ1) is 8.72. The smallest absolute Gasteiger partial charge is 0.134 e. The number of hydrogen-bond donors (Lipinski definition) is 1. The van der Waals surface area contributed by atoms with Gasteiger partial charge in [0.25, 0.3) is 0 Å². The molecule has 2 nitrogen and oxygen atoms in total. The molecule has 3 rings (SSSR count). The Hall–Kier alpha value is -1.58. The van der Waals surface area contributed by atoms with Gasteiger partial charge in [-0.15, -0.1) is 11.3 Å². The molecule has 92 valence electrons. The van der Waals surface area contributed by atoms with Crippen LogP contribution in [-0.4, -0.2) is 11.2 Å². The first-order valence-electron chi connectivity index (χ1n) is 5.97. The molecule has 0 spiro atoms. The maximum atomic E-state index is 9.34. The molecule has 1 N–H and O–H groups in total. The Labute approximate surface area is 109 Å². The summed E-state index contributed by atoms with van der Waals surface area (Å²) < 4.78 is 7.04. The van der Waals surface area contributed by atoms with Crippen LogP contribution in [0.25, 0.3) is 21.4 Å². The van der Waals surface area contributed by atoms with E-state index in [-0.39, 0.29) is 6.10 Å². The number of rotatable bonds is 3. The predicted molar refractivity (Wildman–Crippen MR) is 74.9 cm³/mol. The molecule has 2 aromatic heterocycles. The van der Waals surface area contributed by atoms with Gasteiger partial charge in [0.05, 0.1) is 6.10 Å². The lowest BCUT2D eigenvalue weighted by Gasteiger charge is -2.00. The summed E-state index contributed by atoms with van der Waals surface area (Å²) in [7, 11) is 0. The van der Waals surface area contributed by atoms with Gasteiger partial charge in [-0.05, 0) is 54.1 Å². The molecule has 0 aliphatic rings.